The molecule has 1 fully saturated rings. The zero-order valence-corrected chi connectivity index (χ0v) is 13.0. The Morgan fingerprint density at radius 2 is 2.00 bits per heavy atom. The van der Waals surface area contributed by atoms with Gasteiger partial charge < -0.3 is 9.64 Å². The minimum atomic E-state index is -0.360. The van der Waals surface area contributed by atoms with Gasteiger partial charge in [-0.1, -0.05) is 12.6 Å². The number of rotatable bonds is 3. The van der Waals surface area contributed by atoms with Crippen molar-refractivity contribution >= 4 is 5.82 Å². The molecule has 3 aromatic heterocycles. The van der Waals surface area contributed by atoms with Crippen LogP contribution in [0.25, 0.3) is 11.5 Å². The van der Waals surface area contributed by atoms with Crippen molar-refractivity contribution in [3.63, 3.8) is 0 Å². The maximum atomic E-state index is 12.6. The van der Waals surface area contributed by atoms with Crippen LogP contribution in [0.5, 0.6) is 0 Å². The third kappa shape index (κ3) is 3.05. The van der Waals surface area contributed by atoms with Crippen LogP contribution in [0.4, 0.5) is 5.82 Å². The van der Waals surface area contributed by atoms with Gasteiger partial charge in [-0.05, 0) is 0 Å². The number of anilines is 1. The van der Waals surface area contributed by atoms with Crippen molar-refractivity contribution in [2.24, 2.45) is 0 Å². The molecule has 11 nitrogen and oxygen atoms in total. The summed E-state index contributed by atoms with van der Waals surface area (Å²) in [5.41, 5.74) is 0.00495. The summed E-state index contributed by atoms with van der Waals surface area (Å²) < 4.78 is 7.87. The molecule has 0 bridgehead atoms. The second-order valence-electron chi connectivity index (χ2n) is 5.29. The average Bonchev–Trinajstić information content (AvgIpc) is 3.29. The van der Waals surface area contributed by atoms with E-state index < -0.39 is 0 Å². The van der Waals surface area contributed by atoms with E-state index in [0.29, 0.717) is 19.0 Å². The molecule has 0 unspecified atom stereocenters. The Morgan fingerprint density at radius 3 is 2.73 bits per heavy atom. The Morgan fingerprint density at radius 1 is 1.23 bits per heavy atom. The first-order chi connectivity index (χ1) is 12.3. The molecule has 0 aliphatic carbocycles. The fraction of sp³-hybridized carbons (Fsp3) is 0.333. The molecule has 1 aliphatic heterocycles. The number of H-pyrrole nitrogens is 1. The summed E-state index contributed by atoms with van der Waals surface area (Å²) in [6.07, 6.45) is 4.28. The smallest absolute Gasteiger partial charge is 0.298 e. The number of aromatic amines is 1. The van der Waals surface area contributed by atoms with Gasteiger partial charge in [0.05, 0.1) is 25.6 Å². The van der Waals surface area contributed by atoms with Crippen LogP contribution in [0.3, 0.4) is 0 Å². The highest BCUT2D eigenvalue weighted by atomic mass is 16.5. The van der Waals surface area contributed by atoms with Crippen molar-refractivity contribution in [2.45, 2.75) is 7.43 Å². The Kier molecular flexibility index (Phi) is 4.76. The lowest BCUT2D eigenvalue weighted by Crippen LogP contribution is -2.37. The minimum Gasteiger partial charge on any atom is -0.378 e. The highest BCUT2D eigenvalue weighted by Crippen LogP contribution is 2.14. The molecule has 0 atom stereocenters. The zero-order chi connectivity index (χ0) is 17.2. The number of nitriles is 1. The van der Waals surface area contributed by atoms with Crippen LogP contribution in [0, 0.1) is 11.3 Å². The Labute approximate surface area is 148 Å². The minimum absolute atomic E-state index is 0. The van der Waals surface area contributed by atoms with Crippen LogP contribution in [0.15, 0.2) is 29.6 Å². The van der Waals surface area contributed by atoms with Crippen LogP contribution < -0.4 is 10.5 Å². The number of nitrogens with zero attached hydrogens (tertiary/aromatic N) is 8. The normalized spacial score (nSPS) is 13.9. The molecule has 26 heavy (non-hydrogen) atoms. The summed E-state index contributed by atoms with van der Waals surface area (Å²) in [6.45, 7) is 2.74. The Balaban J connectivity index is 0.00000196. The fourth-order valence-electron chi connectivity index (χ4n) is 2.55. The molecule has 1 aliphatic rings. The monoisotopic (exact) mass is 355 g/mol. The molecule has 4 heterocycles. The highest BCUT2D eigenvalue weighted by Gasteiger charge is 2.16. The lowest BCUT2D eigenvalue weighted by atomic mass is 10.4. The van der Waals surface area contributed by atoms with Crippen molar-refractivity contribution in [3.05, 3.63) is 40.8 Å². The van der Waals surface area contributed by atoms with Gasteiger partial charge in [-0.2, -0.15) is 9.94 Å². The van der Waals surface area contributed by atoms with Gasteiger partial charge >= 0.3 is 0 Å². The first-order valence-electron chi connectivity index (χ1n) is 7.54. The van der Waals surface area contributed by atoms with Crippen LogP contribution in [-0.2, 0) is 4.74 Å². The molecule has 0 saturated carbocycles. The predicted octanol–water partition coefficient (Wildman–Crippen LogP) is -0.119. The quantitative estimate of drug-likeness (QED) is 0.688. The summed E-state index contributed by atoms with van der Waals surface area (Å²) in [5.74, 6) is 1.14. The molecule has 3 aromatic rings. The topological polar surface area (TPSA) is 131 Å². The van der Waals surface area contributed by atoms with Crippen molar-refractivity contribution in [2.75, 3.05) is 31.2 Å². The largest absolute Gasteiger partial charge is 0.378 e. The van der Waals surface area contributed by atoms with Crippen molar-refractivity contribution in [1.29, 1.82) is 5.26 Å². The number of hydrogen-bond donors (Lipinski definition) is 1. The summed E-state index contributed by atoms with van der Waals surface area (Å²) in [5, 5.41) is 19.1. The van der Waals surface area contributed by atoms with Crippen molar-refractivity contribution < 1.29 is 4.74 Å². The van der Waals surface area contributed by atoms with Crippen LogP contribution in [0.2, 0.25) is 0 Å². The Bertz CT molecular complexity index is 991. The van der Waals surface area contributed by atoms with Crippen molar-refractivity contribution in [3.8, 4) is 17.6 Å². The number of morpholine rings is 1. The summed E-state index contributed by atoms with van der Waals surface area (Å²) in [4.78, 5) is 23.1. The molecular weight excluding hydrogens is 338 g/mol. The molecule has 4 rings (SSSR count). The SMILES string of the molecule is C.N#Cc1cn(-c2c[nH]n(-c3cc(N4CCOCC4)ncn3)c2=O)nn1. The Hall–Kier alpha value is -3.52. The van der Waals surface area contributed by atoms with Gasteiger partial charge in [-0.25, -0.2) is 14.6 Å². The average molecular weight is 355 g/mol. The number of hydrogen-bond acceptors (Lipinski definition) is 8. The molecule has 1 N–H and O–H groups in total. The van der Waals surface area contributed by atoms with Crippen LogP contribution >= 0.6 is 0 Å². The van der Waals surface area contributed by atoms with E-state index in [1.54, 1.807) is 6.07 Å². The number of nitrogens with one attached hydrogen (secondary N) is 1. The molecule has 0 spiro atoms. The number of aromatic nitrogens is 7. The molecular formula is C15H17N9O2. The zero-order valence-electron chi connectivity index (χ0n) is 13.0. The second kappa shape index (κ2) is 7.16. The third-order valence-electron chi connectivity index (χ3n) is 3.81. The summed E-state index contributed by atoms with van der Waals surface area (Å²) in [7, 11) is 0. The van der Waals surface area contributed by atoms with E-state index in [0.717, 1.165) is 18.9 Å². The lowest BCUT2D eigenvalue weighted by molar-refractivity contribution is 0.122. The molecule has 11 heteroatoms. The summed E-state index contributed by atoms with van der Waals surface area (Å²) >= 11 is 0. The first kappa shape index (κ1) is 17.3. The third-order valence-corrected chi connectivity index (χ3v) is 3.81. The van der Waals surface area contributed by atoms with E-state index in [9.17, 15) is 4.79 Å². The lowest BCUT2D eigenvalue weighted by Gasteiger charge is -2.27. The molecule has 0 radical (unpaired) electrons. The van der Waals surface area contributed by atoms with Gasteiger partial charge in [0, 0.05) is 19.2 Å². The van der Waals surface area contributed by atoms with E-state index in [1.807, 2.05) is 6.07 Å². The standard InChI is InChI=1S/C14H13N9O2.CH4/c15-6-10-8-22(20-19-10)11-7-18-23(14(11)24)13-5-12(16-9-17-13)21-1-3-25-4-2-21;/h5,7-9,18H,1-4H2;1H4. The van der Waals surface area contributed by atoms with Gasteiger partial charge in [0.25, 0.3) is 5.56 Å². The van der Waals surface area contributed by atoms with E-state index in [4.69, 9.17) is 10.00 Å². The van der Waals surface area contributed by atoms with Gasteiger partial charge in [0.1, 0.15) is 18.2 Å². The van der Waals surface area contributed by atoms with E-state index in [2.05, 4.69) is 30.3 Å². The fourth-order valence-corrected chi connectivity index (χ4v) is 2.55. The van der Waals surface area contributed by atoms with E-state index >= 15 is 0 Å². The van der Waals surface area contributed by atoms with E-state index in [-0.39, 0.29) is 24.4 Å². The molecule has 0 aromatic carbocycles. The number of ether oxygens (including phenoxy) is 1. The second-order valence-corrected chi connectivity index (χ2v) is 5.29. The van der Waals surface area contributed by atoms with Gasteiger partial charge in [-0.15, -0.1) is 5.10 Å². The summed E-state index contributed by atoms with van der Waals surface area (Å²) in [6, 6.07) is 3.60. The van der Waals surface area contributed by atoms with Gasteiger partial charge in [0.15, 0.2) is 17.2 Å². The van der Waals surface area contributed by atoms with E-state index in [1.165, 1.54) is 28.1 Å². The van der Waals surface area contributed by atoms with Crippen molar-refractivity contribution in [1.82, 2.24) is 34.7 Å². The van der Waals surface area contributed by atoms with Gasteiger partial charge in [0.2, 0.25) is 0 Å². The maximum absolute atomic E-state index is 12.6. The van der Waals surface area contributed by atoms with Crippen LogP contribution in [0.1, 0.15) is 13.1 Å². The molecule has 1 saturated heterocycles. The first-order valence-corrected chi connectivity index (χ1v) is 7.54. The molecule has 0 amide bonds. The van der Waals surface area contributed by atoms with Gasteiger partial charge in [-0.3, -0.25) is 9.89 Å². The maximum Gasteiger partial charge on any atom is 0.298 e. The highest BCUT2D eigenvalue weighted by molar-refractivity contribution is 5.44. The predicted molar refractivity (Wildman–Crippen MR) is 91.4 cm³/mol. The molecule has 134 valence electrons. The van der Waals surface area contributed by atoms with Crippen LogP contribution in [-0.4, -0.2) is 61.0 Å².